The van der Waals surface area contributed by atoms with Crippen LogP contribution in [0, 0.1) is 25.7 Å². The fourth-order valence-corrected chi connectivity index (χ4v) is 7.43. The third-order valence-corrected chi connectivity index (χ3v) is 8.65. The zero-order chi connectivity index (χ0) is 22.3. The van der Waals surface area contributed by atoms with E-state index in [9.17, 15) is 4.79 Å². The third-order valence-electron chi connectivity index (χ3n) is 7.34. The molecule has 1 saturated heterocycles. The van der Waals surface area contributed by atoms with Crippen LogP contribution < -0.4 is 5.73 Å². The summed E-state index contributed by atoms with van der Waals surface area (Å²) in [4.78, 5) is 24.4. The number of aromatic amines is 1. The van der Waals surface area contributed by atoms with Crippen molar-refractivity contribution in [2.45, 2.75) is 39.5 Å². The number of carbonyl (C=O) groups excluding carboxylic acids is 1. The highest BCUT2D eigenvalue weighted by atomic mass is 32.1. The molecule has 4 aromatic rings. The van der Waals surface area contributed by atoms with E-state index in [1.807, 2.05) is 15.9 Å². The van der Waals surface area contributed by atoms with Gasteiger partial charge in [0, 0.05) is 41.0 Å². The fraction of sp³-hybridized carbons (Fsp3) is 0.458. The van der Waals surface area contributed by atoms with Gasteiger partial charge in [0.05, 0.1) is 12.2 Å². The second-order valence-corrected chi connectivity index (χ2v) is 10.9. The second kappa shape index (κ2) is 6.89. The van der Waals surface area contributed by atoms with Crippen molar-refractivity contribution in [2.75, 3.05) is 19.6 Å². The Hall–Kier alpha value is -2.71. The Morgan fingerprint density at radius 3 is 2.75 bits per heavy atom. The predicted octanol–water partition coefficient (Wildman–Crippen LogP) is 3.81. The second-order valence-electron chi connectivity index (χ2n) is 9.82. The number of likely N-dealkylation sites (tertiary alicyclic amines) is 1. The Labute approximate surface area is 190 Å². The van der Waals surface area contributed by atoms with Crippen molar-refractivity contribution in [3.05, 3.63) is 40.2 Å². The molecule has 7 nitrogen and oxygen atoms in total. The number of pyridine rings is 1. The summed E-state index contributed by atoms with van der Waals surface area (Å²) in [5.74, 6) is 2.13. The van der Waals surface area contributed by atoms with Gasteiger partial charge >= 0.3 is 0 Å². The predicted molar refractivity (Wildman–Crippen MR) is 127 cm³/mol. The largest absolute Gasteiger partial charge is 0.369 e. The number of hydrogen-bond acceptors (Lipinski definition) is 5. The van der Waals surface area contributed by atoms with Crippen molar-refractivity contribution in [1.82, 2.24) is 24.5 Å². The summed E-state index contributed by atoms with van der Waals surface area (Å²) in [7, 11) is 0. The number of fused-ring (bicyclic) bond motifs is 3. The number of aryl methyl sites for hydroxylation is 2. The Kier molecular flexibility index (Phi) is 4.29. The summed E-state index contributed by atoms with van der Waals surface area (Å²) < 4.78 is 1.87. The topological polar surface area (TPSA) is 92.3 Å². The molecule has 1 aliphatic carbocycles. The van der Waals surface area contributed by atoms with Gasteiger partial charge in [-0.2, -0.15) is 5.10 Å². The highest BCUT2D eigenvalue weighted by Gasteiger charge is 2.57. The highest BCUT2D eigenvalue weighted by Crippen LogP contribution is 2.61. The summed E-state index contributed by atoms with van der Waals surface area (Å²) in [5.41, 5.74) is 12.6. The van der Waals surface area contributed by atoms with E-state index in [2.05, 4.69) is 59.9 Å². The average Bonchev–Trinajstić information content (AvgIpc) is 3.23. The zero-order valence-corrected chi connectivity index (χ0v) is 19.7. The number of rotatable bonds is 5. The molecular weight excluding hydrogens is 420 g/mol. The van der Waals surface area contributed by atoms with Crippen molar-refractivity contribution in [3.8, 4) is 11.3 Å². The van der Waals surface area contributed by atoms with Crippen LogP contribution in [0.2, 0.25) is 0 Å². The van der Waals surface area contributed by atoms with Crippen LogP contribution in [0.25, 0.3) is 27.1 Å². The number of piperidine rings is 1. The minimum Gasteiger partial charge on any atom is -0.369 e. The first-order valence-electron chi connectivity index (χ1n) is 11.3. The minimum atomic E-state index is -0.225. The van der Waals surface area contributed by atoms with Crippen LogP contribution in [0.3, 0.4) is 0 Å². The summed E-state index contributed by atoms with van der Waals surface area (Å²) in [6.07, 6.45) is 3.68. The van der Waals surface area contributed by atoms with Crippen molar-refractivity contribution < 1.29 is 4.79 Å². The normalized spacial score (nSPS) is 23.0. The van der Waals surface area contributed by atoms with Gasteiger partial charge in [0.15, 0.2) is 5.65 Å². The molecule has 6 rings (SSSR count). The Morgan fingerprint density at radius 2 is 2.06 bits per heavy atom. The average molecular weight is 449 g/mol. The van der Waals surface area contributed by atoms with Gasteiger partial charge in [0.1, 0.15) is 11.2 Å². The number of nitrogens with two attached hydrogens (primary N) is 1. The van der Waals surface area contributed by atoms with Gasteiger partial charge in [-0.3, -0.25) is 9.69 Å². The maximum absolute atomic E-state index is 11.3. The number of aromatic nitrogens is 4. The number of amides is 1. The van der Waals surface area contributed by atoms with Gasteiger partial charge in [-0.05, 0) is 54.4 Å². The molecule has 2 unspecified atom stereocenters. The lowest BCUT2D eigenvalue weighted by atomic mass is 9.95. The van der Waals surface area contributed by atoms with Crippen molar-refractivity contribution in [2.24, 2.45) is 17.6 Å². The molecule has 0 spiro atoms. The number of thiophene rings is 1. The van der Waals surface area contributed by atoms with E-state index in [1.54, 1.807) is 6.33 Å². The molecule has 2 fully saturated rings. The third kappa shape index (κ3) is 2.85. The van der Waals surface area contributed by atoms with Gasteiger partial charge in [-0.25, -0.2) is 9.50 Å². The lowest BCUT2D eigenvalue weighted by molar-refractivity contribution is -0.119. The van der Waals surface area contributed by atoms with E-state index < -0.39 is 0 Å². The van der Waals surface area contributed by atoms with E-state index >= 15 is 0 Å². The highest BCUT2D eigenvalue weighted by molar-refractivity contribution is 7.19. The van der Waals surface area contributed by atoms with E-state index in [0.717, 1.165) is 29.9 Å². The Bertz CT molecular complexity index is 1370. The summed E-state index contributed by atoms with van der Waals surface area (Å²) in [5, 5.41) is 5.76. The van der Waals surface area contributed by atoms with Crippen LogP contribution in [0.1, 0.15) is 47.3 Å². The van der Waals surface area contributed by atoms with Gasteiger partial charge < -0.3 is 10.7 Å². The number of nitrogens with zero attached hydrogens (tertiary/aromatic N) is 4. The van der Waals surface area contributed by atoms with E-state index in [-0.39, 0.29) is 5.91 Å². The summed E-state index contributed by atoms with van der Waals surface area (Å²) >= 11 is 1.92. The standard InChI is InChI=1S/C24H28N6OS/c1-11(2)18-19-13(4)22(20-15-7-29(8-16(15)20)9-17(25)31)32-24(19)28-21(18)14-5-12(3)23-26-10-27-30(23)6-14/h5-6,10-11,15-16,20,28H,7-9H2,1-4H3,(H2,25,31). The molecule has 0 radical (unpaired) electrons. The maximum Gasteiger partial charge on any atom is 0.231 e. The summed E-state index contributed by atoms with van der Waals surface area (Å²) in [6, 6.07) is 2.21. The lowest BCUT2D eigenvalue weighted by Crippen LogP contribution is -2.33. The SMILES string of the molecule is Cc1c(C2C3CN(CC(N)=O)CC32)sc2[nH]c(-c3cc(C)c4ncnn4c3)c(C(C)C)c12. The van der Waals surface area contributed by atoms with Crippen LogP contribution in [0.15, 0.2) is 18.6 Å². The molecule has 166 valence electrons. The van der Waals surface area contributed by atoms with Gasteiger partial charge in [-0.1, -0.05) is 13.8 Å². The molecule has 2 aliphatic rings. The molecule has 32 heavy (non-hydrogen) atoms. The molecule has 1 saturated carbocycles. The number of primary amides is 1. The number of nitrogens with one attached hydrogen (secondary N) is 1. The van der Waals surface area contributed by atoms with Gasteiger partial charge in [0.2, 0.25) is 5.91 Å². The van der Waals surface area contributed by atoms with E-state index in [0.29, 0.717) is 30.2 Å². The Morgan fingerprint density at radius 1 is 1.31 bits per heavy atom. The Balaban J connectivity index is 1.39. The monoisotopic (exact) mass is 448 g/mol. The first-order chi connectivity index (χ1) is 15.3. The molecule has 2 atom stereocenters. The number of hydrogen-bond donors (Lipinski definition) is 2. The van der Waals surface area contributed by atoms with Crippen LogP contribution in [0.5, 0.6) is 0 Å². The van der Waals surface area contributed by atoms with Crippen molar-refractivity contribution in [1.29, 1.82) is 0 Å². The van der Waals surface area contributed by atoms with Crippen LogP contribution >= 0.6 is 11.3 Å². The molecule has 8 heteroatoms. The van der Waals surface area contributed by atoms with Crippen LogP contribution in [-0.4, -0.2) is 50.0 Å². The molecular formula is C24H28N6OS. The fourth-order valence-electron chi connectivity index (χ4n) is 5.95. The van der Waals surface area contributed by atoms with E-state index in [1.165, 1.54) is 31.9 Å². The van der Waals surface area contributed by atoms with Crippen LogP contribution in [-0.2, 0) is 4.79 Å². The zero-order valence-electron chi connectivity index (χ0n) is 18.8. The first-order valence-corrected chi connectivity index (χ1v) is 12.1. The van der Waals surface area contributed by atoms with Gasteiger partial charge in [0.25, 0.3) is 0 Å². The molecule has 1 aliphatic heterocycles. The number of carbonyl (C=O) groups is 1. The molecule has 4 aromatic heterocycles. The molecule has 1 amide bonds. The molecule has 3 N–H and O–H groups in total. The van der Waals surface area contributed by atoms with Crippen LogP contribution in [0.4, 0.5) is 0 Å². The quantitative estimate of drug-likeness (QED) is 0.486. The maximum atomic E-state index is 11.3. The van der Waals surface area contributed by atoms with E-state index in [4.69, 9.17) is 5.73 Å². The van der Waals surface area contributed by atoms with Crippen molar-refractivity contribution in [3.63, 3.8) is 0 Å². The van der Waals surface area contributed by atoms with Crippen molar-refractivity contribution >= 4 is 33.1 Å². The molecule has 5 heterocycles. The first kappa shape index (κ1) is 19.9. The minimum absolute atomic E-state index is 0.225. The summed E-state index contributed by atoms with van der Waals surface area (Å²) in [6.45, 7) is 11.3. The smallest absolute Gasteiger partial charge is 0.231 e. The molecule has 0 bridgehead atoms. The lowest BCUT2D eigenvalue weighted by Gasteiger charge is -2.17. The molecule has 0 aromatic carbocycles. The van der Waals surface area contributed by atoms with Gasteiger partial charge in [-0.15, -0.1) is 11.3 Å². The number of H-pyrrole nitrogens is 1.